The maximum atomic E-state index is 6.05. The van der Waals surface area contributed by atoms with E-state index < -0.39 is 0 Å². The van der Waals surface area contributed by atoms with Gasteiger partial charge in [0.05, 0.1) is 0 Å². The van der Waals surface area contributed by atoms with Gasteiger partial charge in [-0.25, -0.2) is 4.98 Å². The lowest BCUT2D eigenvalue weighted by Gasteiger charge is -2.06. The van der Waals surface area contributed by atoms with E-state index in [4.69, 9.17) is 5.73 Å². The largest absolute Gasteiger partial charge is 0.349 e. The first kappa shape index (κ1) is 9.43. The normalized spacial score (nSPS) is 13.0. The fourth-order valence-electron chi connectivity index (χ4n) is 1.37. The van der Waals surface area contributed by atoms with Gasteiger partial charge >= 0.3 is 0 Å². The minimum Gasteiger partial charge on any atom is -0.349 e. The molecule has 0 bridgehead atoms. The van der Waals surface area contributed by atoms with Crippen LogP contribution in [0.4, 0.5) is 0 Å². The second-order valence-corrected chi connectivity index (χ2v) is 4.32. The predicted molar refractivity (Wildman–Crippen MR) is 58.3 cm³/mol. The van der Waals surface area contributed by atoms with Gasteiger partial charge < -0.3 is 10.7 Å². The van der Waals surface area contributed by atoms with Crippen LogP contribution in [0.15, 0.2) is 23.8 Å². The van der Waals surface area contributed by atoms with Crippen molar-refractivity contribution in [1.82, 2.24) is 9.97 Å². The Bertz CT molecular complexity index is 391. The Labute approximate surface area is 87.0 Å². The molecule has 1 unspecified atom stereocenters. The third-order valence-electron chi connectivity index (χ3n) is 2.08. The van der Waals surface area contributed by atoms with Crippen LogP contribution in [0.25, 0.3) is 0 Å². The van der Waals surface area contributed by atoms with Crippen molar-refractivity contribution in [2.75, 3.05) is 0 Å². The molecular formula is C10H13N3S. The minimum atomic E-state index is 0.0554. The Kier molecular flexibility index (Phi) is 2.65. The van der Waals surface area contributed by atoms with Crippen LogP contribution in [-0.2, 0) is 6.42 Å². The zero-order chi connectivity index (χ0) is 9.97. The number of hydrogen-bond donors (Lipinski definition) is 2. The van der Waals surface area contributed by atoms with Gasteiger partial charge in [-0.2, -0.15) is 0 Å². The van der Waals surface area contributed by atoms with Crippen molar-refractivity contribution in [3.63, 3.8) is 0 Å². The molecule has 0 aliphatic heterocycles. The summed E-state index contributed by atoms with van der Waals surface area (Å²) in [5, 5.41) is 2.12. The van der Waals surface area contributed by atoms with Gasteiger partial charge in [0.2, 0.25) is 0 Å². The van der Waals surface area contributed by atoms with Crippen LogP contribution in [-0.4, -0.2) is 9.97 Å². The number of hydrogen-bond acceptors (Lipinski definition) is 3. The molecule has 14 heavy (non-hydrogen) atoms. The van der Waals surface area contributed by atoms with Crippen LogP contribution in [0.2, 0.25) is 0 Å². The first-order valence-electron chi connectivity index (χ1n) is 4.54. The van der Waals surface area contributed by atoms with Crippen molar-refractivity contribution in [3.8, 4) is 0 Å². The van der Waals surface area contributed by atoms with E-state index in [1.165, 1.54) is 10.4 Å². The Balaban J connectivity index is 2.06. The number of aromatic nitrogens is 2. The molecule has 0 aliphatic carbocycles. The summed E-state index contributed by atoms with van der Waals surface area (Å²) in [7, 11) is 0. The number of rotatable bonds is 3. The maximum absolute atomic E-state index is 6.05. The van der Waals surface area contributed by atoms with E-state index in [1.54, 1.807) is 17.5 Å². The number of aromatic amines is 1. The molecule has 2 heterocycles. The Morgan fingerprint density at radius 2 is 2.50 bits per heavy atom. The second-order valence-electron chi connectivity index (χ2n) is 3.37. The molecular weight excluding hydrogens is 194 g/mol. The third kappa shape index (κ3) is 2.02. The lowest BCUT2D eigenvalue weighted by atomic mass is 10.1. The number of thiophene rings is 1. The Hall–Kier alpha value is -1.13. The van der Waals surface area contributed by atoms with E-state index in [0.29, 0.717) is 0 Å². The lowest BCUT2D eigenvalue weighted by molar-refractivity contribution is 0.707. The van der Waals surface area contributed by atoms with E-state index in [2.05, 4.69) is 28.3 Å². The summed E-state index contributed by atoms with van der Waals surface area (Å²) in [6, 6.07) is 2.19. The van der Waals surface area contributed by atoms with E-state index >= 15 is 0 Å². The zero-order valence-electron chi connectivity index (χ0n) is 8.03. The quantitative estimate of drug-likeness (QED) is 0.809. The molecule has 74 valence electrons. The molecule has 4 heteroatoms. The molecule has 0 fully saturated rings. The maximum Gasteiger partial charge on any atom is 0.107 e. The van der Waals surface area contributed by atoms with Crippen LogP contribution < -0.4 is 5.73 Å². The number of aryl methyl sites for hydroxylation is 1. The summed E-state index contributed by atoms with van der Waals surface area (Å²) >= 11 is 1.71. The monoisotopic (exact) mass is 207 g/mol. The fourth-order valence-corrected chi connectivity index (χ4v) is 2.27. The molecule has 0 saturated carbocycles. The topological polar surface area (TPSA) is 54.7 Å². The first-order valence-corrected chi connectivity index (χ1v) is 5.42. The molecule has 3 N–H and O–H groups in total. The highest BCUT2D eigenvalue weighted by molar-refractivity contribution is 7.10. The minimum absolute atomic E-state index is 0.0554. The Morgan fingerprint density at radius 1 is 1.64 bits per heavy atom. The molecule has 2 aromatic rings. The van der Waals surface area contributed by atoms with Gasteiger partial charge in [-0.05, 0) is 23.9 Å². The third-order valence-corrected chi connectivity index (χ3v) is 3.27. The molecule has 1 atom stereocenters. The van der Waals surface area contributed by atoms with Gasteiger partial charge in [-0.3, -0.25) is 0 Å². The number of imidazole rings is 1. The molecule has 0 aromatic carbocycles. The van der Waals surface area contributed by atoms with Gasteiger partial charge in [0.15, 0.2) is 0 Å². The van der Waals surface area contributed by atoms with E-state index in [9.17, 15) is 0 Å². The summed E-state index contributed by atoms with van der Waals surface area (Å²) < 4.78 is 0. The van der Waals surface area contributed by atoms with Gasteiger partial charge in [-0.15, -0.1) is 11.3 Å². The molecule has 0 aliphatic rings. The summed E-state index contributed by atoms with van der Waals surface area (Å²) in [4.78, 5) is 8.44. The second kappa shape index (κ2) is 3.94. The summed E-state index contributed by atoms with van der Waals surface area (Å²) in [6.45, 7) is 2.08. The molecule has 0 radical (unpaired) electrons. The molecule has 0 spiro atoms. The van der Waals surface area contributed by atoms with Crippen molar-refractivity contribution in [1.29, 1.82) is 0 Å². The number of H-pyrrole nitrogens is 1. The van der Waals surface area contributed by atoms with Crippen molar-refractivity contribution in [2.24, 2.45) is 5.73 Å². The molecule has 2 aromatic heterocycles. The smallest absolute Gasteiger partial charge is 0.107 e. The van der Waals surface area contributed by atoms with E-state index in [1.807, 2.05) is 6.20 Å². The fraction of sp³-hybridized carbons (Fsp3) is 0.300. The van der Waals surface area contributed by atoms with Crippen molar-refractivity contribution in [2.45, 2.75) is 19.4 Å². The van der Waals surface area contributed by atoms with E-state index in [-0.39, 0.29) is 6.04 Å². The SMILES string of the molecule is Cc1csc(C(N)Cc2ncc[nH]2)c1. The number of nitrogens with two attached hydrogens (primary N) is 1. The average molecular weight is 207 g/mol. The number of nitrogens with one attached hydrogen (secondary N) is 1. The molecule has 2 rings (SSSR count). The van der Waals surface area contributed by atoms with Crippen LogP contribution >= 0.6 is 11.3 Å². The summed E-state index contributed by atoms with van der Waals surface area (Å²) in [6.07, 6.45) is 4.34. The van der Waals surface area contributed by atoms with Crippen LogP contribution in [0.1, 0.15) is 22.3 Å². The Morgan fingerprint density at radius 3 is 3.07 bits per heavy atom. The standard InChI is InChI=1S/C10H13N3S/c1-7-4-9(14-6-7)8(11)5-10-12-2-3-13-10/h2-4,6,8H,5,11H2,1H3,(H,12,13). The van der Waals surface area contributed by atoms with Gasteiger partial charge in [0.25, 0.3) is 0 Å². The zero-order valence-corrected chi connectivity index (χ0v) is 8.84. The van der Waals surface area contributed by atoms with Crippen LogP contribution in [0.5, 0.6) is 0 Å². The number of nitrogens with zero attached hydrogens (tertiary/aromatic N) is 1. The molecule has 0 amide bonds. The first-order chi connectivity index (χ1) is 6.75. The van der Waals surface area contributed by atoms with Gasteiger partial charge in [-0.1, -0.05) is 0 Å². The van der Waals surface area contributed by atoms with Crippen molar-refractivity contribution in [3.05, 3.63) is 40.1 Å². The molecule has 3 nitrogen and oxygen atoms in total. The predicted octanol–water partition coefficient (Wildman–Crippen LogP) is 2.02. The average Bonchev–Trinajstić information content (AvgIpc) is 2.75. The highest BCUT2D eigenvalue weighted by Gasteiger charge is 2.09. The summed E-state index contributed by atoms with van der Waals surface area (Å²) in [5.41, 5.74) is 7.33. The van der Waals surface area contributed by atoms with Gasteiger partial charge in [0.1, 0.15) is 5.82 Å². The summed E-state index contributed by atoms with van der Waals surface area (Å²) in [5.74, 6) is 0.948. The lowest BCUT2D eigenvalue weighted by Crippen LogP contribution is -2.12. The highest BCUT2D eigenvalue weighted by atomic mass is 32.1. The van der Waals surface area contributed by atoms with Crippen molar-refractivity contribution >= 4 is 11.3 Å². The van der Waals surface area contributed by atoms with Crippen molar-refractivity contribution < 1.29 is 0 Å². The highest BCUT2D eigenvalue weighted by Crippen LogP contribution is 2.21. The van der Waals surface area contributed by atoms with Gasteiger partial charge in [0, 0.05) is 29.7 Å². The van der Waals surface area contributed by atoms with E-state index in [0.717, 1.165) is 12.2 Å². The molecule has 0 saturated heterocycles. The van der Waals surface area contributed by atoms with Crippen LogP contribution in [0.3, 0.4) is 0 Å². The van der Waals surface area contributed by atoms with Crippen LogP contribution in [0, 0.1) is 6.92 Å².